The van der Waals surface area contributed by atoms with Crippen LogP contribution >= 0.6 is 34.2 Å². The maximum Gasteiger partial charge on any atom is 0.252 e. The molecular formula is C11H13ClINO. The van der Waals surface area contributed by atoms with Crippen LogP contribution in [0.25, 0.3) is 0 Å². The SMILES string of the molecule is CCC(Cl)CNC(=O)c1ccccc1I. The minimum absolute atomic E-state index is 0.00956. The molecule has 0 radical (unpaired) electrons. The Morgan fingerprint density at radius 2 is 2.20 bits per heavy atom. The Hall–Kier alpha value is -0.290. The number of hydrogen-bond acceptors (Lipinski definition) is 1. The van der Waals surface area contributed by atoms with E-state index in [1.54, 1.807) is 0 Å². The second kappa shape index (κ2) is 6.33. The van der Waals surface area contributed by atoms with E-state index >= 15 is 0 Å². The normalized spacial score (nSPS) is 12.2. The van der Waals surface area contributed by atoms with Crippen LogP contribution < -0.4 is 5.32 Å². The number of carbonyl (C=O) groups is 1. The van der Waals surface area contributed by atoms with E-state index < -0.39 is 0 Å². The molecule has 0 bridgehead atoms. The van der Waals surface area contributed by atoms with Crippen molar-refractivity contribution in [3.63, 3.8) is 0 Å². The average molecular weight is 338 g/mol. The van der Waals surface area contributed by atoms with Crippen LogP contribution in [-0.2, 0) is 0 Å². The van der Waals surface area contributed by atoms with E-state index in [1.165, 1.54) is 0 Å². The molecule has 0 aliphatic carbocycles. The van der Waals surface area contributed by atoms with Crippen molar-refractivity contribution in [3.8, 4) is 0 Å². The van der Waals surface area contributed by atoms with Gasteiger partial charge in [-0.05, 0) is 41.1 Å². The molecule has 0 fully saturated rings. The summed E-state index contributed by atoms with van der Waals surface area (Å²) in [4.78, 5) is 11.7. The number of nitrogens with one attached hydrogen (secondary N) is 1. The van der Waals surface area contributed by atoms with Crippen molar-refractivity contribution in [2.45, 2.75) is 18.7 Å². The summed E-state index contributed by atoms with van der Waals surface area (Å²) in [7, 11) is 0. The van der Waals surface area contributed by atoms with Gasteiger partial charge in [-0.3, -0.25) is 4.79 Å². The minimum atomic E-state index is -0.0564. The van der Waals surface area contributed by atoms with E-state index in [0.29, 0.717) is 12.1 Å². The first-order chi connectivity index (χ1) is 7.15. The van der Waals surface area contributed by atoms with Crippen LogP contribution in [0.1, 0.15) is 23.7 Å². The molecule has 2 nitrogen and oxygen atoms in total. The molecule has 1 N–H and O–H groups in total. The molecule has 1 aromatic rings. The van der Waals surface area contributed by atoms with Gasteiger partial charge in [0.2, 0.25) is 0 Å². The van der Waals surface area contributed by atoms with E-state index in [2.05, 4.69) is 27.9 Å². The molecule has 1 aromatic carbocycles. The largest absolute Gasteiger partial charge is 0.351 e. The Balaban J connectivity index is 2.58. The monoisotopic (exact) mass is 337 g/mol. The zero-order valence-corrected chi connectivity index (χ0v) is 11.4. The first-order valence-corrected chi connectivity index (χ1v) is 6.33. The van der Waals surface area contributed by atoms with Gasteiger partial charge in [0.05, 0.1) is 10.9 Å². The second-order valence-electron chi connectivity index (χ2n) is 3.20. The summed E-state index contributed by atoms with van der Waals surface area (Å²) >= 11 is 8.07. The summed E-state index contributed by atoms with van der Waals surface area (Å²) in [6.07, 6.45) is 0.855. The van der Waals surface area contributed by atoms with E-state index in [-0.39, 0.29) is 11.3 Å². The van der Waals surface area contributed by atoms with Crippen LogP contribution in [-0.4, -0.2) is 17.8 Å². The van der Waals surface area contributed by atoms with Crippen molar-refractivity contribution in [3.05, 3.63) is 33.4 Å². The number of hydrogen-bond donors (Lipinski definition) is 1. The lowest BCUT2D eigenvalue weighted by Crippen LogP contribution is -2.29. The molecular weight excluding hydrogens is 324 g/mol. The van der Waals surface area contributed by atoms with E-state index in [0.717, 1.165) is 9.99 Å². The van der Waals surface area contributed by atoms with Crippen molar-refractivity contribution >= 4 is 40.1 Å². The fourth-order valence-electron chi connectivity index (χ4n) is 1.09. The van der Waals surface area contributed by atoms with Gasteiger partial charge >= 0.3 is 0 Å². The Bertz CT molecular complexity index is 343. The van der Waals surface area contributed by atoms with Gasteiger partial charge < -0.3 is 5.32 Å². The summed E-state index contributed by atoms with van der Waals surface area (Å²) in [5, 5.41) is 2.82. The summed E-state index contributed by atoms with van der Waals surface area (Å²) in [5.74, 6) is -0.0564. The summed E-state index contributed by atoms with van der Waals surface area (Å²) in [6, 6.07) is 7.49. The topological polar surface area (TPSA) is 29.1 Å². The molecule has 15 heavy (non-hydrogen) atoms. The summed E-state index contributed by atoms with van der Waals surface area (Å²) < 4.78 is 0.954. The quantitative estimate of drug-likeness (QED) is 0.664. The molecule has 0 saturated carbocycles. The van der Waals surface area contributed by atoms with Crippen LogP contribution in [0, 0.1) is 3.57 Å². The first kappa shape index (κ1) is 12.8. The lowest BCUT2D eigenvalue weighted by molar-refractivity contribution is 0.0952. The predicted molar refractivity (Wildman–Crippen MR) is 71.4 cm³/mol. The van der Waals surface area contributed by atoms with Crippen molar-refractivity contribution < 1.29 is 4.79 Å². The van der Waals surface area contributed by atoms with Crippen LogP contribution in [0.4, 0.5) is 0 Å². The number of amides is 1. The molecule has 0 aliphatic rings. The zero-order valence-electron chi connectivity index (χ0n) is 8.47. The van der Waals surface area contributed by atoms with Gasteiger partial charge in [-0.15, -0.1) is 11.6 Å². The summed E-state index contributed by atoms with van der Waals surface area (Å²) in [6.45, 7) is 2.51. The van der Waals surface area contributed by atoms with Gasteiger partial charge in [0.15, 0.2) is 0 Å². The number of benzene rings is 1. The molecule has 1 amide bonds. The van der Waals surface area contributed by atoms with Crippen molar-refractivity contribution in [2.24, 2.45) is 0 Å². The van der Waals surface area contributed by atoms with Gasteiger partial charge in [0.25, 0.3) is 5.91 Å². The van der Waals surface area contributed by atoms with E-state index in [9.17, 15) is 4.79 Å². The lowest BCUT2D eigenvalue weighted by Gasteiger charge is -2.09. The molecule has 1 unspecified atom stereocenters. The lowest BCUT2D eigenvalue weighted by atomic mass is 10.2. The van der Waals surface area contributed by atoms with Gasteiger partial charge in [-0.2, -0.15) is 0 Å². The summed E-state index contributed by atoms with van der Waals surface area (Å²) in [5.41, 5.74) is 0.707. The fourth-order valence-corrected chi connectivity index (χ4v) is 1.80. The molecule has 1 atom stereocenters. The molecule has 0 aliphatic heterocycles. The van der Waals surface area contributed by atoms with Gasteiger partial charge in [-0.1, -0.05) is 19.1 Å². The highest BCUT2D eigenvalue weighted by Gasteiger charge is 2.09. The van der Waals surface area contributed by atoms with Crippen LogP contribution in [0.5, 0.6) is 0 Å². The number of halogens is 2. The Kier molecular flexibility index (Phi) is 5.39. The molecule has 1 rings (SSSR count). The third-order valence-corrected chi connectivity index (χ3v) is 3.45. The maximum atomic E-state index is 11.7. The fraction of sp³-hybridized carbons (Fsp3) is 0.364. The standard InChI is InChI=1S/C11H13ClINO/c1-2-8(12)7-14-11(15)9-5-3-4-6-10(9)13/h3-6,8H,2,7H2,1H3,(H,14,15). The van der Waals surface area contributed by atoms with Gasteiger partial charge in [0, 0.05) is 10.1 Å². The molecule has 0 spiro atoms. The molecule has 0 saturated heterocycles. The van der Waals surface area contributed by atoms with E-state index in [4.69, 9.17) is 11.6 Å². The smallest absolute Gasteiger partial charge is 0.252 e. The third kappa shape index (κ3) is 3.99. The van der Waals surface area contributed by atoms with E-state index in [1.807, 2.05) is 31.2 Å². The zero-order chi connectivity index (χ0) is 11.3. The molecule has 4 heteroatoms. The van der Waals surface area contributed by atoms with Crippen LogP contribution in [0.3, 0.4) is 0 Å². The minimum Gasteiger partial charge on any atom is -0.351 e. The Morgan fingerprint density at radius 1 is 1.53 bits per heavy atom. The van der Waals surface area contributed by atoms with Crippen molar-refractivity contribution in [1.82, 2.24) is 5.32 Å². The van der Waals surface area contributed by atoms with Crippen LogP contribution in [0.2, 0.25) is 0 Å². The number of rotatable bonds is 4. The Labute approximate surface area is 109 Å². The highest BCUT2D eigenvalue weighted by molar-refractivity contribution is 14.1. The highest BCUT2D eigenvalue weighted by Crippen LogP contribution is 2.11. The average Bonchev–Trinajstić information content (AvgIpc) is 2.26. The highest BCUT2D eigenvalue weighted by atomic mass is 127. The van der Waals surface area contributed by atoms with Gasteiger partial charge in [0.1, 0.15) is 0 Å². The first-order valence-electron chi connectivity index (χ1n) is 4.82. The molecule has 0 heterocycles. The van der Waals surface area contributed by atoms with Gasteiger partial charge in [-0.25, -0.2) is 0 Å². The molecule has 82 valence electrons. The number of carbonyl (C=O) groups excluding carboxylic acids is 1. The predicted octanol–water partition coefficient (Wildman–Crippen LogP) is 3.04. The van der Waals surface area contributed by atoms with Crippen molar-refractivity contribution in [1.29, 1.82) is 0 Å². The maximum absolute atomic E-state index is 11.7. The number of alkyl halides is 1. The molecule has 0 aromatic heterocycles. The van der Waals surface area contributed by atoms with Crippen molar-refractivity contribution in [2.75, 3.05) is 6.54 Å². The Morgan fingerprint density at radius 3 is 2.80 bits per heavy atom. The second-order valence-corrected chi connectivity index (χ2v) is 4.97. The third-order valence-electron chi connectivity index (χ3n) is 2.05. The van der Waals surface area contributed by atoms with Crippen LogP contribution in [0.15, 0.2) is 24.3 Å².